The maximum Gasteiger partial charge on any atom is 0.222 e. The van der Waals surface area contributed by atoms with Crippen molar-refractivity contribution in [2.75, 3.05) is 37.7 Å². The van der Waals surface area contributed by atoms with Gasteiger partial charge in [0.1, 0.15) is 0 Å². The van der Waals surface area contributed by atoms with E-state index in [1.54, 1.807) is 0 Å². The number of amides is 1. The molecule has 170 valence electrons. The number of aliphatic imine (C=N–C) groups is 1. The van der Waals surface area contributed by atoms with Gasteiger partial charge in [-0.25, -0.2) is 8.42 Å². The fraction of sp³-hybridized carbons (Fsp3) is 0.895. The maximum atomic E-state index is 12.1. The van der Waals surface area contributed by atoms with E-state index in [2.05, 4.69) is 16.0 Å². The molecule has 10 heteroatoms. The normalized spacial score (nSPS) is 23.1. The van der Waals surface area contributed by atoms with Gasteiger partial charge in [0.15, 0.2) is 15.8 Å². The lowest BCUT2D eigenvalue weighted by atomic mass is 9.72. The fourth-order valence-corrected chi connectivity index (χ4v) is 5.79. The minimum absolute atomic E-state index is 0. The SMILES string of the molecule is CCNC(=NCC1(CCO)CCCCC1)NCCC(=O)NC1CCS(=O)(=O)C1.I. The first-order valence-corrected chi connectivity index (χ1v) is 12.3. The van der Waals surface area contributed by atoms with E-state index in [0.717, 1.165) is 25.8 Å². The highest BCUT2D eigenvalue weighted by atomic mass is 127. The Balaban J connectivity index is 0.00000420. The van der Waals surface area contributed by atoms with Crippen molar-refractivity contribution in [2.24, 2.45) is 10.4 Å². The highest BCUT2D eigenvalue weighted by Gasteiger charge is 2.31. The standard InChI is InChI=1S/C19H36N4O4S.HI/c1-2-20-18(22-15-19(10-12-24)8-4-3-5-9-19)21-11-6-17(25)23-16-7-13-28(26,27)14-16;/h16,24H,2-15H2,1H3,(H,23,25)(H2,20,21,22);1H. The van der Waals surface area contributed by atoms with Crippen LogP contribution < -0.4 is 16.0 Å². The van der Waals surface area contributed by atoms with Gasteiger partial charge in [0.2, 0.25) is 5.91 Å². The molecule has 2 rings (SSSR count). The molecule has 1 saturated heterocycles. The Kier molecular flexibility index (Phi) is 11.8. The molecule has 1 aliphatic carbocycles. The highest BCUT2D eigenvalue weighted by molar-refractivity contribution is 14.0. The van der Waals surface area contributed by atoms with Crippen molar-refractivity contribution < 1.29 is 18.3 Å². The number of aliphatic hydroxyl groups is 1. The topological polar surface area (TPSA) is 120 Å². The number of nitrogens with one attached hydrogen (secondary N) is 3. The third kappa shape index (κ3) is 9.37. The molecule has 2 fully saturated rings. The molecule has 1 unspecified atom stereocenters. The Labute approximate surface area is 192 Å². The first kappa shape index (κ1) is 26.4. The molecule has 0 bridgehead atoms. The van der Waals surface area contributed by atoms with Gasteiger partial charge in [0, 0.05) is 38.7 Å². The summed E-state index contributed by atoms with van der Waals surface area (Å²) < 4.78 is 22.9. The number of hydrogen-bond donors (Lipinski definition) is 4. The highest BCUT2D eigenvalue weighted by Crippen LogP contribution is 2.39. The predicted octanol–water partition coefficient (Wildman–Crippen LogP) is 1.19. The Morgan fingerprint density at radius 3 is 2.52 bits per heavy atom. The lowest BCUT2D eigenvalue weighted by Crippen LogP contribution is -2.42. The van der Waals surface area contributed by atoms with Crippen molar-refractivity contribution >= 4 is 45.7 Å². The summed E-state index contributed by atoms with van der Waals surface area (Å²) in [6.07, 6.45) is 7.38. The Morgan fingerprint density at radius 2 is 1.93 bits per heavy atom. The number of carbonyl (C=O) groups excluding carboxylic acids is 1. The van der Waals surface area contributed by atoms with Crippen LogP contribution in [-0.2, 0) is 14.6 Å². The summed E-state index contributed by atoms with van der Waals surface area (Å²) in [4.78, 5) is 16.8. The first-order chi connectivity index (χ1) is 13.4. The first-order valence-electron chi connectivity index (χ1n) is 10.5. The van der Waals surface area contributed by atoms with Crippen LogP contribution in [0.15, 0.2) is 4.99 Å². The third-order valence-corrected chi connectivity index (χ3v) is 7.48. The van der Waals surface area contributed by atoms with Crippen molar-refractivity contribution in [1.82, 2.24) is 16.0 Å². The molecule has 1 aliphatic heterocycles. The van der Waals surface area contributed by atoms with E-state index in [1.807, 2.05) is 6.92 Å². The molecule has 4 N–H and O–H groups in total. The molecule has 0 spiro atoms. The molecule has 1 amide bonds. The van der Waals surface area contributed by atoms with Gasteiger partial charge in [-0.15, -0.1) is 24.0 Å². The van der Waals surface area contributed by atoms with Crippen molar-refractivity contribution in [2.45, 2.75) is 64.3 Å². The van der Waals surface area contributed by atoms with Gasteiger partial charge in [-0.3, -0.25) is 9.79 Å². The van der Waals surface area contributed by atoms with E-state index in [9.17, 15) is 18.3 Å². The Hall–Kier alpha value is -0.620. The molecule has 29 heavy (non-hydrogen) atoms. The van der Waals surface area contributed by atoms with Crippen LogP contribution in [0.5, 0.6) is 0 Å². The zero-order valence-electron chi connectivity index (χ0n) is 17.4. The molecule has 8 nitrogen and oxygen atoms in total. The number of sulfone groups is 1. The quantitative estimate of drug-likeness (QED) is 0.197. The molecule has 0 radical (unpaired) electrons. The van der Waals surface area contributed by atoms with Crippen LogP contribution in [-0.4, -0.2) is 69.2 Å². The second-order valence-electron chi connectivity index (χ2n) is 8.07. The molecule has 1 atom stereocenters. The average Bonchev–Trinajstić information content (AvgIpc) is 2.99. The zero-order chi connectivity index (χ0) is 20.5. The summed E-state index contributed by atoms with van der Waals surface area (Å²) in [5.74, 6) is 0.739. The van der Waals surface area contributed by atoms with Gasteiger partial charge in [-0.1, -0.05) is 19.3 Å². The zero-order valence-corrected chi connectivity index (χ0v) is 20.6. The number of halogens is 1. The van der Waals surface area contributed by atoms with Crippen LogP contribution in [0.2, 0.25) is 0 Å². The molecular formula is C19H37IN4O4S. The predicted molar refractivity (Wildman–Crippen MR) is 126 cm³/mol. The van der Waals surface area contributed by atoms with Crippen molar-refractivity contribution in [3.63, 3.8) is 0 Å². The van der Waals surface area contributed by atoms with Crippen molar-refractivity contribution in [3.05, 3.63) is 0 Å². The smallest absolute Gasteiger partial charge is 0.222 e. The van der Waals surface area contributed by atoms with Crippen molar-refractivity contribution in [1.29, 1.82) is 0 Å². The van der Waals surface area contributed by atoms with Crippen LogP contribution in [0.25, 0.3) is 0 Å². The lowest BCUT2D eigenvalue weighted by Gasteiger charge is -2.35. The minimum Gasteiger partial charge on any atom is -0.396 e. The number of hydrogen-bond acceptors (Lipinski definition) is 5. The lowest BCUT2D eigenvalue weighted by molar-refractivity contribution is -0.121. The largest absolute Gasteiger partial charge is 0.396 e. The van der Waals surface area contributed by atoms with E-state index in [4.69, 9.17) is 4.99 Å². The van der Waals surface area contributed by atoms with Crippen LogP contribution in [0.4, 0.5) is 0 Å². The van der Waals surface area contributed by atoms with Gasteiger partial charge >= 0.3 is 0 Å². The summed E-state index contributed by atoms with van der Waals surface area (Å²) in [5.41, 5.74) is 0.0840. The van der Waals surface area contributed by atoms with Crippen LogP contribution in [0.1, 0.15) is 58.3 Å². The van der Waals surface area contributed by atoms with E-state index in [0.29, 0.717) is 25.5 Å². The molecular weight excluding hydrogens is 507 g/mol. The summed E-state index contributed by atoms with van der Waals surface area (Å²) in [6, 6.07) is -0.260. The molecule has 1 saturated carbocycles. The Morgan fingerprint density at radius 1 is 1.21 bits per heavy atom. The van der Waals surface area contributed by atoms with Gasteiger partial charge < -0.3 is 21.1 Å². The maximum absolute atomic E-state index is 12.1. The number of rotatable bonds is 9. The molecule has 2 aliphatic rings. The molecule has 0 aromatic rings. The summed E-state index contributed by atoms with van der Waals surface area (Å²) in [6.45, 7) is 4.02. The average molecular weight is 545 g/mol. The number of nitrogens with zero attached hydrogens (tertiary/aromatic N) is 1. The molecule has 0 aromatic carbocycles. The van der Waals surface area contributed by atoms with E-state index < -0.39 is 9.84 Å². The number of aliphatic hydroxyl groups excluding tert-OH is 1. The van der Waals surface area contributed by atoms with Gasteiger partial charge in [0.25, 0.3) is 0 Å². The van der Waals surface area contributed by atoms with E-state index >= 15 is 0 Å². The summed E-state index contributed by atoms with van der Waals surface area (Å²) in [7, 11) is -2.99. The van der Waals surface area contributed by atoms with Gasteiger partial charge in [-0.05, 0) is 38.0 Å². The van der Waals surface area contributed by atoms with Crippen molar-refractivity contribution in [3.8, 4) is 0 Å². The third-order valence-electron chi connectivity index (χ3n) is 5.72. The van der Waals surface area contributed by atoms with Crippen LogP contribution in [0.3, 0.4) is 0 Å². The second kappa shape index (κ2) is 12.9. The second-order valence-corrected chi connectivity index (χ2v) is 10.3. The number of carbonyl (C=O) groups is 1. The fourth-order valence-electron chi connectivity index (χ4n) is 4.12. The molecule has 1 heterocycles. The van der Waals surface area contributed by atoms with Gasteiger partial charge in [0.05, 0.1) is 11.5 Å². The Bertz CT molecular complexity index is 631. The molecule has 0 aromatic heterocycles. The van der Waals surface area contributed by atoms with Crippen LogP contribution in [0, 0.1) is 5.41 Å². The minimum atomic E-state index is -2.99. The van der Waals surface area contributed by atoms with Crippen LogP contribution >= 0.6 is 24.0 Å². The van der Waals surface area contributed by atoms with Gasteiger partial charge in [-0.2, -0.15) is 0 Å². The summed E-state index contributed by atoms with van der Waals surface area (Å²) >= 11 is 0. The monoisotopic (exact) mass is 544 g/mol. The van der Waals surface area contributed by atoms with E-state index in [-0.39, 0.29) is 65.9 Å². The number of guanidine groups is 1. The summed E-state index contributed by atoms with van der Waals surface area (Å²) in [5, 5.41) is 18.6. The van der Waals surface area contributed by atoms with E-state index in [1.165, 1.54) is 19.3 Å².